The number of carbonyl (C=O) groups is 1. The van der Waals surface area contributed by atoms with Crippen LogP contribution in [0.5, 0.6) is 0 Å². The van der Waals surface area contributed by atoms with Crippen LogP contribution in [0.1, 0.15) is 18.4 Å². The predicted octanol–water partition coefficient (Wildman–Crippen LogP) is 2.06. The van der Waals surface area contributed by atoms with Gasteiger partial charge in [-0.2, -0.15) is 0 Å². The van der Waals surface area contributed by atoms with E-state index in [9.17, 15) is 4.79 Å². The number of hydrogen-bond acceptors (Lipinski definition) is 3. The van der Waals surface area contributed by atoms with E-state index < -0.39 is 5.97 Å². The summed E-state index contributed by atoms with van der Waals surface area (Å²) in [5, 5.41) is 18.6. The molecular weight excluding hydrogens is 270 g/mol. The highest BCUT2D eigenvalue weighted by atomic mass is 16.5. The number of carboxylic acids is 1. The van der Waals surface area contributed by atoms with Gasteiger partial charge in [0.05, 0.1) is 19.8 Å². The Balaban J connectivity index is 2.08. The van der Waals surface area contributed by atoms with Crippen molar-refractivity contribution in [3.63, 3.8) is 0 Å². The molecule has 1 aromatic carbocycles. The van der Waals surface area contributed by atoms with Gasteiger partial charge in [-0.3, -0.25) is 4.79 Å². The number of rotatable bonds is 9. The first kappa shape index (κ1) is 15.5. The standard InChI is InChI=1S/C16H21NO4/c18-9-11-21-10-8-17-12-13(4-3-7-16(19)20)14-5-1-2-6-15(14)17/h1-2,5-6,12,18H,3-4,7-11H2,(H,19,20). The molecule has 2 rings (SSSR count). The summed E-state index contributed by atoms with van der Waals surface area (Å²) in [7, 11) is 0. The minimum absolute atomic E-state index is 0.0346. The maximum absolute atomic E-state index is 10.6. The monoisotopic (exact) mass is 291 g/mol. The van der Waals surface area contributed by atoms with Gasteiger partial charge in [-0.05, 0) is 24.5 Å². The SMILES string of the molecule is O=C(O)CCCc1cn(CCOCCO)c2ccccc12. The molecule has 2 aromatic rings. The van der Waals surface area contributed by atoms with Crippen molar-refractivity contribution in [2.45, 2.75) is 25.8 Å². The molecular formula is C16H21NO4. The van der Waals surface area contributed by atoms with Gasteiger partial charge in [0.25, 0.3) is 0 Å². The van der Waals surface area contributed by atoms with Gasteiger partial charge in [-0.1, -0.05) is 18.2 Å². The third-order valence-corrected chi connectivity index (χ3v) is 3.42. The number of aliphatic hydroxyl groups excluding tert-OH is 1. The average Bonchev–Trinajstić information content (AvgIpc) is 2.82. The summed E-state index contributed by atoms with van der Waals surface area (Å²) in [5.41, 5.74) is 2.31. The Hall–Kier alpha value is -1.85. The van der Waals surface area contributed by atoms with Crippen LogP contribution in [0.2, 0.25) is 0 Å². The fourth-order valence-corrected chi connectivity index (χ4v) is 2.47. The molecule has 0 fully saturated rings. The van der Waals surface area contributed by atoms with Crippen molar-refractivity contribution in [2.75, 3.05) is 19.8 Å². The summed E-state index contributed by atoms with van der Waals surface area (Å²) in [5.74, 6) is -0.754. The molecule has 0 spiro atoms. The molecule has 0 radical (unpaired) electrons. The topological polar surface area (TPSA) is 71.7 Å². The lowest BCUT2D eigenvalue weighted by Gasteiger charge is -2.05. The summed E-state index contributed by atoms with van der Waals surface area (Å²) < 4.78 is 7.44. The Morgan fingerprint density at radius 3 is 2.81 bits per heavy atom. The summed E-state index contributed by atoms with van der Waals surface area (Å²) in [4.78, 5) is 10.6. The lowest BCUT2D eigenvalue weighted by molar-refractivity contribution is -0.137. The number of ether oxygens (including phenoxy) is 1. The van der Waals surface area contributed by atoms with Gasteiger partial charge in [-0.25, -0.2) is 0 Å². The second-order valence-corrected chi connectivity index (χ2v) is 4.95. The number of para-hydroxylation sites is 1. The van der Waals surface area contributed by atoms with Gasteiger partial charge in [0.1, 0.15) is 0 Å². The van der Waals surface area contributed by atoms with Gasteiger partial charge in [0.2, 0.25) is 0 Å². The molecule has 21 heavy (non-hydrogen) atoms. The maximum atomic E-state index is 10.6. The Morgan fingerprint density at radius 1 is 1.24 bits per heavy atom. The van der Waals surface area contributed by atoms with Gasteiger partial charge >= 0.3 is 5.97 Å². The van der Waals surface area contributed by atoms with E-state index in [-0.39, 0.29) is 13.0 Å². The zero-order valence-corrected chi connectivity index (χ0v) is 12.0. The van der Waals surface area contributed by atoms with Crippen LogP contribution in [0.3, 0.4) is 0 Å². The molecule has 5 heteroatoms. The Kier molecular flexibility index (Phi) is 5.78. The highest BCUT2D eigenvalue weighted by Gasteiger charge is 2.08. The Bertz CT molecular complexity index is 591. The van der Waals surface area contributed by atoms with Gasteiger partial charge in [0.15, 0.2) is 0 Å². The van der Waals surface area contributed by atoms with Gasteiger partial charge in [0, 0.05) is 30.1 Å². The second kappa shape index (κ2) is 7.81. The van der Waals surface area contributed by atoms with E-state index in [1.807, 2.05) is 12.1 Å². The van der Waals surface area contributed by atoms with Crippen LogP contribution in [-0.2, 0) is 22.5 Å². The fourth-order valence-electron chi connectivity index (χ4n) is 2.47. The maximum Gasteiger partial charge on any atom is 0.303 e. The van der Waals surface area contributed by atoms with E-state index in [4.69, 9.17) is 14.9 Å². The molecule has 0 aliphatic heterocycles. The van der Waals surface area contributed by atoms with Crippen LogP contribution in [0.25, 0.3) is 10.9 Å². The molecule has 0 aliphatic carbocycles. The number of fused-ring (bicyclic) bond motifs is 1. The summed E-state index contributed by atoms with van der Waals surface area (Å²) in [6, 6.07) is 8.11. The first-order valence-corrected chi connectivity index (χ1v) is 7.19. The number of benzene rings is 1. The third-order valence-electron chi connectivity index (χ3n) is 3.42. The van der Waals surface area contributed by atoms with Crippen molar-refractivity contribution in [1.29, 1.82) is 0 Å². The molecule has 0 atom stereocenters. The molecule has 1 heterocycles. The Morgan fingerprint density at radius 2 is 2.05 bits per heavy atom. The number of aliphatic hydroxyl groups is 1. The minimum Gasteiger partial charge on any atom is -0.481 e. The van der Waals surface area contributed by atoms with Crippen molar-refractivity contribution < 1.29 is 19.7 Å². The highest BCUT2D eigenvalue weighted by Crippen LogP contribution is 2.22. The van der Waals surface area contributed by atoms with Crippen molar-refractivity contribution in [3.8, 4) is 0 Å². The van der Waals surface area contributed by atoms with Gasteiger partial charge < -0.3 is 19.5 Å². The summed E-state index contributed by atoms with van der Waals surface area (Å²) >= 11 is 0. The summed E-state index contributed by atoms with van der Waals surface area (Å²) in [6.45, 7) is 1.66. The molecule has 0 saturated carbocycles. The van der Waals surface area contributed by atoms with Crippen molar-refractivity contribution in [3.05, 3.63) is 36.0 Å². The van der Waals surface area contributed by atoms with E-state index in [1.54, 1.807) is 0 Å². The molecule has 1 aromatic heterocycles. The molecule has 0 bridgehead atoms. The average molecular weight is 291 g/mol. The van der Waals surface area contributed by atoms with Crippen LogP contribution in [-0.4, -0.2) is 40.6 Å². The van der Waals surface area contributed by atoms with Crippen molar-refractivity contribution >= 4 is 16.9 Å². The molecule has 0 aliphatic rings. The van der Waals surface area contributed by atoms with E-state index in [2.05, 4.69) is 22.9 Å². The zero-order valence-electron chi connectivity index (χ0n) is 12.0. The number of aliphatic carboxylic acids is 1. The van der Waals surface area contributed by atoms with Gasteiger partial charge in [-0.15, -0.1) is 0 Å². The van der Waals surface area contributed by atoms with Crippen LogP contribution in [0.4, 0.5) is 0 Å². The third kappa shape index (κ3) is 4.31. The molecule has 0 saturated heterocycles. The van der Waals surface area contributed by atoms with Crippen LogP contribution in [0, 0.1) is 0 Å². The largest absolute Gasteiger partial charge is 0.481 e. The second-order valence-electron chi connectivity index (χ2n) is 4.95. The predicted molar refractivity (Wildman–Crippen MR) is 80.4 cm³/mol. The molecule has 5 nitrogen and oxygen atoms in total. The first-order chi connectivity index (χ1) is 10.2. The number of carboxylic acid groups (broad SMARTS) is 1. The van der Waals surface area contributed by atoms with E-state index >= 15 is 0 Å². The van der Waals surface area contributed by atoms with Crippen molar-refractivity contribution in [1.82, 2.24) is 4.57 Å². The van der Waals surface area contributed by atoms with E-state index in [0.717, 1.165) is 18.5 Å². The van der Waals surface area contributed by atoms with Crippen LogP contribution in [0.15, 0.2) is 30.5 Å². The van der Waals surface area contributed by atoms with Crippen LogP contribution < -0.4 is 0 Å². The van der Waals surface area contributed by atoms with Crippen molar-refractivity contribution in [2.24, 2.45) is 0 Å². The number of aromatic nitrogens is 1. The Labute approximate surface area is 123 Å². The lowest BCUT2D eigenvalue weighted by atomic mass is 10.1. The quantitative estimate of drug-likeness (QED) is 0.694. The molecule has 2 N–H and O–H groups in total. The van der Waals surface area contributed by atoms with Crippen LogP contribution >= 0.6 is 0 Å². The normalized spacial score (nSPS) is 11.1. The highest BCUT2D eigenvalue weighted by molar-refractivity contribution is 5.84. The lowest BCUT2D eigenvalue weighted by Crippen LogP contribution is -2.07. The first-order valence-electron chi connectivity index (χ1n) is 7.19. The minimum atomic E-state index is -0.754. The molecule has 0 unspecified atom stereocenters. The smallest absolute Gasteiger partial charge is 0.303 e. The molecule has 114 valence electrons. The number of aryl methyl sites for hydroxylation is 1. The fraction of sp³-hybridized carbons (Fsp3) is 0.438. The number of hydrogen-bond donors (Lipinski definition) is 2. The van der Waals surface area contributed by atoms with E-state index in [1.165, 1.54) is 10.9 Å². The van der Waals surface area contributed by atoms with E-state index in [0.29, 0.717) is 19.6 Å². The summed E-state index contributed by atoms with van der Waals surface area (Å²) in [6.07, 6.45) is 3.68. The zero-order chi connectivity index (χ0) is 15.1. The molecule has 0 amide bonds. The number of nitrogens with zero attached hydrogens (tertiary/aromatic N) is 1.